The van der Waals surface area contributed by atoms with Crippen LogP contribution >= 0.6 is 15.9 Å². The Kier molecular flexibility index (Phi) is 4.42. The summed E-state index contributed by atoms with van der Waals surface area (Å²) in [4.78, 5) is 0. The van der Waals surface area contributed by atoms with Gasteiger partial charge < -0.3 is 15.2 Å². The van der Waals surface area contributed by atoms with Crippen LogP contribution in [0.3, 0.4) is 0 Å². The van der Waals surface area contributed by atoms with Crippen molar-refractivity contribution in [3.05, 3.63) is 28.2 Å². The highest BCUT2D eigenvalue weighted by atomic mass is 79.9. The summed E-state index contributed by atoms with van der Waals surface area (Å²) >= 11 is 3.32. The van der Waals surface area contributed by atoms with Gasteiger partial charge >= 0.3 is 0 Å². The maximum Gasteiger partial charge on any atom is 0.134 e. The molecule has 2 rings (SSSR count). The number of para-hydroxylation sites is 1. The first kappa shape index (κ1) is 12.9. The molecule has 17 heavy (non-hydrogen) atoms. The molecular weight excluding hydrogens is 282 g/mol. The predicted octanol–water partition coefficient (Wildman–Crippen LogP) is 2.81. The SMILES string of the molecule is CCOC1CC(NCc2cccc(Br)c2O)C1. The number of hydrogen-bond acceptors (Lipinski definition) is 3. The maximum atomic E-state index is 9.83. The lowest BCUT2D eigenvalue weighted by Crippen LogP contribution is -2.45. The van der Waals surface area contributed by atoms with Gasteiger partial charge in [-0.15, -0.1) is 0 Å². The van der Waals surface area contributed by atoms with Gasteiger partial charge in [0.15, 0.2) is 0 Å². The molecule has 0 aromatic heterocycles. The van der Waals surface area contributed by atoms with E-state index >= 15 is 0 Å². The second-order valence-corrected chi connectivity index (χ2v) is 5.23. The molecule has 3 nitrogen and oxygen atoms in total. The summed E-state index contributed by atoms with van der Waals surface area (Å²) in [6, 6.07) is 6.23. The van der Waals surface area contributed by atoms with Crippen molar-refractivity contribution in [1.82, 2.24) is 5.32 Å². The van der Waals surface area contributed by atoms with Crippen LogP contribution in [0.2, 0.25) is 0 Å². The molecule has 1 aliphatic carbocycles. The first-order valence-electron chi connectivity index (χ1n) is 6.02. The Morgan fingerprint density at radius 3 is 2.94 bits per heavy atom. The van der Waals surface area contributed by atoms with Gasteiger partial charge in [0.2, 0.25) is 0 Å². The van der Waals surface area contributed by atoms with Crippen molar-refractivity contribution in [1.29, 1.82) is 0 Å². The van der Waals surface area contributed by atoms with Crippen LogP contribution in [-0.2, 0) is 11.3 Å². The lowest BCUT2D eigenvalue weighted by molar-refractivity contribution is -0.0102. The van der Waals surface area contributed by atoms with Crippen molar-refractivity contribution in [2.45, 2.75) is 38.5 Å². The van der Waals surface area contributed by atoms with Crippen LogP contribution in [0.5, 0.6) is 5.75 Å². The molecule has 1 aromatic rings. The van der Waals surface area contributed by atoms with Crippen molar-refractivity contribution < 1.29 is 9.84 Å². The molecule has 0 aliphatic heterocycles. The Labute approximate surface area is 110 Å². The van der Waals surface area contributed by atoms with E-state index in [1.807, 2.05) is 25.1 Å². The van der Waals surface area contributed by atoms with Crippen molar-refractivity contribution in [3.63, 3.8) is 0 Å². The van der Waals surface area contributed by atoms with Gasteiger partial charge in [0.05, 0.1) is 10.6 Å². The Hall–Kier alpha value is -0.580. The fourth-order valence-electron chi connectivity index (χ4n) is 2.06. The molecule has 0 radical (unpaired) electrons. The normalized spacial score (nSPS) is 23.4. The smallest absolute Gasteiger partial charge is 0.134 e. The molecule has 1 aromatic carbocycles. The van der Waals surface area contributed by atoms with E-state index in [1.54, 1.807) is 0 Å². The van der Waals surface area contributed by atoms with Gasteiger partial charge in [-0.05, 0) is 41.8 Å². The minimum absolute atomic E-state index is 0.334. The minimum atomic E-state index is 0.334. The summed E-state index contributed by atoms with van der Waals surface area (Å²) in [7, 11) is 0. The van der Waals surface area contributed by atoms with E-state index in [9.17, 15) is 5.11 Å². The molecule has 0 heterocycles. The number of benzene rings is 1. The Morgan fingerprint density at radius 1 is 1.47 bits per heavy atom. The van der Waals surface area contributed by atoms with Crippen LogP contribution < -0.4 is 5.32 Å². The molecule has 1 fully saturated rings. The van der Waals surface area contributed by atoms with Crippen molar-refractivity contribution in [2.24, 2.45) is 0 Å². The zero-order chi connectivity index (χ0) is 12.3. The number of hydrogen-bond donors (Lipinski definition) is 2. The van der Waals surface area contributed by atoms with Gasteiger partial charge in [-0.2, -0.15) is 0 Å². The van der Waals surface area contributed by atoms with Gasteiger partial charge in [0.25, 0.3) is 0 Å². The van der Waals surface area contributed by atoms with Crippen LogP contribution in [0.25, 0.3) is 0 Å². The Balaban J connectivity index is 1.78. The van der Waals surface area contributed by atoms with Gasteiger partial charge in [0.1, 0.15) is 5.75 Å². The highest BCUT2D eigenvalue weighted by Crippen LogP contribution is 2.28. The molecule has 0 spiro atoms. The predicted molar refractivity (Wildman–Crippen MR) is 71.1 cm³/mol. The minimum Gasteiger partial charge on any atom is -0.506 e. The maximum absolute atomic E-state index is 9.83. The highest BCUT2D eigenvalue weighted by Gasteiger charge is 2.28. The lowest BCUT2D eigenvalue weighted by atomic mass is 9.89. The molecule has 94 valence electrons. The quantitative estimate of drug-likeness (QED) is 0.878. The number of nitrogens with one attached hydrogen (secondary N) is 1. The standard InChI is InChI=1S/C13H18BrNO2/c1-2-17-11-6-10(7-11)15-8-9-4-3-5-12(14)13(9)16/h3-5,10-11,15-16H,2,6-8H2,1H3. The molecule has 0 amide bonds. The van der Waals surface area contributed by atoms with Crippen molar-refractivity contribution in [3.8, 4) is 5.75 Å². The lowest BCUT2D eigenvalue weighted by Gasteiger charge is -2.35. The highest BCUT2D eigenvalue weighted by molar-refractivity contribution is 9.10. The molecule has 0 bridgehead atoms. The Bertz CT molecular complexity index is 378. The molecular formula is C13H18BrNO2. The molecule has 1 aliphatic rings. The molecule has 1 saturated carbocycles. The van der Waals surface area contributed by atoms with Gasteiger partial charge in [-0.3, -0.25) is 0 Å². The van der Waals surface area contributed by atoms with Crippen LogP contribution in [0.1, 0.15) is 25.3 Å². The third-order valence-corrected chi connectivity index (χ3v) is 3.79. The summed E-state index contributed by atoms with van der Waals surface area (Å²) < 4.78 is 6.25. The van der Waals surface area contributed by atoms with Gasteiger partial charge in [-0.1, -0.05) is 12.1 Å². The van der Waals surface area contributed by atoms with Crippen molar-refractivity contribution >= 4 is 15.9 Å². The fourth-order valence-corrected chi connectivity index (χ4v) is 2.47. The fraction of sp³-hybridized carbons (Fsp3) is 0.538. The Morgan fingerprint density at radius 2 is 2.24 bits per heavy atom. The van der Waals surface area contributed by atoms with Crippen molar-refractivity contribution in [2.75, 3.05) is 6.61 Å². The number of aromatic hydroxyl groups is 1. The zero-order valence-corrected chi connectivity index (χ0v) is 11.5. The summed E-state index contributed by atoms with van der Waals surface area (Å²) in [5.41, 5.74) is 0.930. The van der Waals surface area contributed by atoms with E-state index in [2.05, 4.69) is 21.2 Å². The van der Waals surface area contributed by atoms with E-state index in [0.717, 1.165) is 29.5 Å². The van der Waals surface area contributed by atoms with Crippen LogP contribution in [-0.4, -0.2) is 23.9 Å². The average molecular weight is 300 g/mol. The van der Waals surface area contributed by atoms with E-state index < -0.39 is 0 Å². The number of phenolic OH excluding ortho intramolecular Hbond substituents is 1. The zero-order valence-electron chi connectivity index (χ0n) is 9.95. The average Bonchev–Trinajstić information content (AvgIpc) is 2.26. The van der Waals surface area contributed by atoms with Crippen LogP contribution in [0.15, 0.2) is 22.7 Å². The van der Waals surface area contributed by atoms with Gasteiger partial charge in [0, 0.05) is 24.8 Å². The molecule has 0 saturated heterocycles. The van der Waals surface area contributed by atoms with Gasteiger partial charge in [-0.25, -0.2) is 0 Å². The second kappa shape index (κ2) is 5.85. The summed E-state index contributed by atoms with van der Waals surface area (Å²) in [6.45, 7) is 3.53. The topological polar surface area (TPSA) is 41.5 Å². The molecule has 2 N–H and O–H groups in total. The summed E-state index contributed by atoms with van der Waals surface area (Å²) in [5, 5.41) is 13.3. The second-order valence-electron chi connectivity index (χ2n) is 4.37. The van der Waals surface area contributed by atoms with E-state index in [0.29, 0.717) is 24.4 Å². The number of ether oxygens (including phenoxy) is 1. The summed E-state index contributed by atoms with van der Waals surface area (Å²) in [5.74, 6) is 0.334. The molecule has 0 atom stereocenters. The first-order chi connectivity index (χ1) is 8.20. The number of halogens is 1. The summed E-state index contributed by atoms with van der Waals surface area (Å²) in [6.07, 6.45) is 2.57. The molecule has 0 unspecified atom stereocenters. The van der Waals surface area contributed by atoms with Crippen LogP contribution in [0.4, 0.5) is 0 Å². The molecule has 4 heteroatoms. The largest absolute Gasteiger partial charge is 0.506 e. The van der Waals surface area contributed by atoms with E-state index in [1.165, 1.54) is 0 Å². The monoisotopic (exact) mass is 299 g/mol. The third-order valence-electron chi connectivity index (χ3n) is 3.15. The van der Waals surface area contributed by atoms with E-state index in [-0.39, 0.29) is 0 Å². The van der Waals surface area contributed by atoms with E-state index in [4.69, 9.17) is 4.74 Å². The van der Waals surface area contributed by atoms with Crippen LogP contribution in [0, 0.1) is 0 Å². The number of rotatable bonds is 5. The third kappa shape index (κ3) is 3.21. The first-order valence-corrected chi connectivity index (χ1v) is 6.81. The number of phenols is 1.